The molecule has 0 saturated heterocycles. The molecule has 0 aliphatic carbocycles. The number of Topliss-reactive ketones (excluding diaryl/α,β-unsaturated/α-hetero) is 2. The van der Waals surface area contributed by atoms with Crippen molar-refractivity contribution in [2.75, 3.05) is 0 Å². The molecule has 0 aromatic heterocycles. The van der Waals surface area contributed by atoms with Crippen LogP contribution in [0.15, 0.2) is 12.3 Å². The predicted molar refractivity (Wildman–Crippen MR) is 58.4 cm³/mol. The molecule has 3 N–H and O–H groups in total. The summed E-state index contributed by atoms with van der Waals surface area (Å²) in [6, 6.07) is -0.554. The average molecular weight is 213 g/mol. The molecule has 0 heterocycles. The van der Waals surface area contributed by atoms with E-state index in [1.54, 1.807) is 6.92 Å². The molecule has 86 valence electrons. The lowest BCUT2D eigenvalue weighted by atomic mass is 9.97. The molecule has 0 rings (SSSR count). The van der Waals surface area contributed by atoms with E-state index in [2.05, 4.69) is 6.58 Å². The third-order valence-electron chi connectivity index (χ3n) is 2.39. The zero-order chi connectivity index (χ0) is 12.0. The standard InChI is InChI=1S/C11H19NO3/c1-7(8(2)13)6-10(15)4-5-11(12)9(3)14/h7,11,14H,3-6,12H2,1-2H3. The van der Waals surface area contributed by atoms with E-state index in [9.17, 15) is 9.59 Å². The molecule has 0 aliphatic rings. The van der Waals surface area contributed by atoms with Gasteiger partial charge >= 0.3 is 0 Å². The highest BCUT2D eigenvalue weighted by Crippen LogP contribution is 2.09. The minimum Gasteiger partial charge on any atom is -0.511 e. The first-order chi connectivity index (χ1) is 6.84. The molecular weight excluding hydrogens is 194 g/mol. The van der Waals surface area contributed by atoms with Crippen molar-refractivity contribution in [3.8, 4) is 0 Å². The van der Waals surface area contributed by atoms with Gasteiger partial charge in [0.05, 0.1) is 6.04 Å². The van der Waals surface area contributed by atoms with Gasteiger partial charge in [-0.05, 0) is 13.3 Å². The fourth-order valence-corrected chi connectivity index (χ4v) is 1.07. The second kappa shape index (κ2) is 6.35. The Morgan fingerprint density at radius 3 is 2.40 bits per heavy atom. The smallest absolute Gasteiger partial charge is 0.133 e. The summed E-state index contributed by atoms with van der Waals surface area (Å²) >= 11 is 0. The molecule has 0 aromatic carbocycles. The summed E-state index contributed by atoms with van der Waals surface area (Å²) in [6.07, 6.45) is 0.900. The van der Waals surface area contributed by atoms with E-state index in [0.717, 1.165) is 0 Å². The van der Waals surface area contributed by atoms with E-state index in [1.807, 2.05) is 0 Å². The van der Waals surface area contributed by atoms with Crippen LogP contribution in [0.4, 0.5) is 0 Å². The molecule has 0 spiro atoms. The Labute approximate surface area is 90.2 Å². The largest absolute Gasteiger partial charge is 0.511 e. The van der Waals surface area contributed by atoms with Crippen LogP contribution >= 0.6 is 0 Å². The monoisotopic (exact) mass is 213 g/mol. The Morgan fingerprint density at radius 1 is 1.47 bits per heavy atom. The molecule has 0 amide bonds. The van der Waals surface area contributed by atoms with Crippen LogP contribution in [0.3, 0.4) is 0 Å². The lowest BCUT2D eigenvalue weighted by molar-refractivity contribution is -0.126. The molecule has 0 fully saturated rings. The normalized spacial score (nSPS) is 14.3. The van der Waals surface area contributed by atoms with Gasteiger partial charge in [-0.15, -0.1) is 0 Å². The van der Waals surface area contributed by atoms with E-state index < -0.39 is 6.04 Å². The molecule has 15 heavy (non-hydrogen) atoms. The maximum absolute atomic E-state index is 11.4. The highest BCUT2D eigenvalue weighted by Gasteiger charge is 2.14. The van der Waals surface area contributed by atoms with Gasteiger partial charge in [0.25, 0.3) is 0 Å². The highest BCUT2D eigenvalue weighted by molar-refractivity contribution is 5.86. The fraction of sp³-hybridized carbons (Fsp3) is 0.636. The number of carbonyl (C=O) groups excluding carboxylic acids is 2. The summed E-state index contributed by atoms with van der Waals surface area (Å²) < 4.78 is 0. The van der Waals surface area contributed by atoms with Gasteiger partial charge in [-0.2, -0.15) is 0 Å². The van der Waals surface area contributed by atoms with Crippen LogP contribution in [-0.4, -0.2) is 22.7 Å². The lowest BCUT2D eigenvalue weighted by Crippen LogP contribution is -2.23. The minimum atomic E-state index is -0.554. The van der Waals surface area contributed by atoms with Gasteiger partial charge in [0.1, 0.15) is 17.3 Å². The number of carbonyl (C=O) groups is 2. The molecule has 0 aliphatic heterocycles. The number of hydrogen-bond acceptors (Lipinski definition) is 4. The lowest BCUT2D eigenvalue weighted by Gasteiger charge is -2.10. The number of ketones is 2. The third kappa shape index (κ3) is 6.01. The van der Waals surface area contributed by atoms with Crippen molar-refractivity contribution in [2.24, 2.45) is 11.7 Å². The quantitative estimate of drug-likeness (QED) is 0.625. The highest BCUT2D eigenvalue weighted by atomic mass is 16.3. The Balaban J connectivity index is 3.85. The predicted octanol–water partition coefficient (Wildman–Crippen LogP) is 1.35. The van der Waals surface area contributed by atoms with E-state index in [4.69, 9.17) is 10.8 Å². The van der Waals surface area contributed by atoms with Crippen molar-refractivity contribution in [1.29, 1.82) is 0 Å². The van der Waals surface area contributed by atoms with Crippen molar-refractivity contribution in [2.45, 2.75) is 39.2 Å². The maximum atomic E-state index is 11.4. The molecule has 0 aromatic rings. The van der Waals surface area contributed by atoms with Gasteiger partial charge in [-0.3, -0.25) is 9.59 Å². The van der Waals surface area contributed by atoms with E-state index in [1.165, 1.54) is 6.92 Å². The summed E-state index contributed by atoms with van der Waals surface area (Å²) in [4.78, 5) is 22.3. The summed E-state index contributed by atoms with van der Waals surface area (Å²) in [5.74, 6) is -0.331. The van der Waals surface area contributed by atoms with Gasteiger partial charge in [0, 0.05) is 18.8 Å². The fourth-order valence-electron chi connectivity index (χ4n) is 1.07. The van der Waals surface area contributed by atoms with Crippen LogP contribution in [0.1, 0.15) is 33.1 Å². The number of aliphatic hydroxyl groups excluding tert-OH is 1. The van der Waals surface area contributed by atoms with Crippen molar-refractivity contribution in [1.82, 2.24) is 0 Å². The Bertz CT molecular complexity index is 261. The Hall–Kier alpha value is -1.16. The first-order valence-corrected chi connectivity index (χ1v) is 5.00. The van der Waals surface area contributed by atoms with Gasteiger partial charge in [-0.25, -0.2) is 0 Å². The van der Waals surface area contributed by atoms with Crippen LogP contribution in [0.2, 0.25) is 0 Å². The van der Waals surface area contributed by atoms with Crippen LogP contribution in [-0.2, 0) is 9.59 Å². The first-order valence-electron chi connectivity index (χ1n) is 5.00. The summed E-state index contributed by atoms with van der Waals surface area (Å²) in [7, 11) is 0. The molecule has 2 unspecified atom stereocenters. The van der Waals surface area contributed by atoms with E-state index in [0.29, 0.717) is 6.42 Å². The number of hydrogen-bond donors (Lipinski definition) is 2. The van der Waals surface area contributed by atoms with E-state index in [-0.39, 0.29) is 36.1 Å². The molecule has 4 heteroatoms. The Morgan fingerprint density at radius 2 is 2.00 bits per heavy atom. The molecule has 0 radical (unpaired) electrons. The van der Waals surface area contributed by atoms with Crippen molar-refractivity contribution < 1.29 is 14.7 Å². The Kier molecular flexibility index (Phi) is 5.86. The second-order valence-corrected chi connectivity index (χ2v) is 3.89. The van der Waals surface area contributed by atoms with Crippen LogP contribution in [0.25, 0.3) is 0 Å². The summed E-state index contributed by atoms with van der Waals surface area (Å²) in [5, 5.41) is 8.92. The zero-order valence-corrected chi connectivity index (χ0v) is 9.32. The van der Waals surface area contributed by atoms with Gasteiger partial charge in [-0.1, -0.05) is 13.5 Å². The van der Waals surface area contributed by atoms with Crippen molar-refractivity contribution in [3.63, 3.8) is 0 Å². The maximum Gasteiger partial charge on any atom is 0.133 e. The van der Waals surface area contributed by atoms with Crippen LogP contribution in [0, 0.1) is 5.92 Å². The zero-order valence-electron chi connectivity index (χ0n) is 9.32. The first kappa shape index (κ1) is 13.8. The number of rotatable bonds is 7. The summed E-state index contributed by atoms with van der Waals surface area (Å²) in [6.45, 7) is 6.49. The topological polar surface area (TPSA) is 80.4 Å². The van der Waals surface area contributed by atoms with Gasteiger partial charge in [0.2, 0.25) is 0 Å². The second-order valence-electron chi connectivity index (χ2n) is 3.89. The molecule has 0 saturated carbocycles. The summed E-state index contributed by atoms with van der Waals surface area (Å²) in [5.41, 5.74) is 5.49. The molecule has 2 atom stereocenters. The van der Waals surface area contributed by atoms with Crippen molar-refractivity contribution >= 4 is 11.6 Å². The number of aliphatic hydroxyl groups is 1. The SMILES string of the molecule is C=C(O)C(N)CCC(=O)CC(C)C(C)=O. The molecular formula is C11H19NO3. The van der Waals surface area contributed by atoms with Crippen LogP contribution in [0.5, 0.6) is 0 Å². The van der Waals surface area contributed by atoms with Gasteiger partial charge in [0.15, 0.2) is 0 Å². The average Bonchev–Trinajstić information content (AvgIpc) is 2.13. The number of nitrogens with two attached hydrogens (primary N) is 1. The van der Waals surface area contributed by atoms with Crippen molar-refractivity contribution in [3.05, 3.63) is 12.3 Å². The van der Waals surface area contributed by atoms with Gasteiger partial charge < -0.3 is 10.8 Å². The molecule has 0 bridgehead atoms. The molecule has 4 nitrogen and oxygen atoms in total. The van der Waals surface area contributed by atoms with Crippen LogP contribution < -0.4 is 5.73 Å². The minimum absolute atomic E-state index is 0.00519. The third-order valence-corrected chi connectivity index (χ3v) is 2.39. The van der Waals surface area contributed by atoms with E-state index >= 15 is 0 Å².